The van der Waals surface area contributed by atoms with Gasteiger partial charge in [-0.25, -0.2) is 15.0 Å². The number of ether oxygens (including phenoxy) is 3. The maximum Gasteiger partial charge on any atom is 0.246 e. The molecule has 3 rings (SSSR count). The first-order valence-corrected chi connectivity index (χ1v) is 8.06. The van der Waals surface area contributed by atoms with Crippen LogP contribution in [0.1, 0.15) is 18.9 Å². The first kappa shape index (κ1) is 20.3. The number of benzene rings is 1. The maximum atomic E-state index is 12.4. The van der Waals surface area contributed by atoms with Gasteiger partial charge in [-0.05, 0) is 24.3 Å². The zero-order valence-electron chi connectivity index (χ0n) is 15.5. The fourth-order valence-corrected chi connectivity index (χ4v) is 2.64. The molecule has 2 heterocycles. The molecule has 0 saturated carbocycles. The van der Waals surface area contributed by atoms with E-state index >= 15 is 0 Å². The Kier molecular flexibility index (Phi) is 6.46. The quantitative estimate of drug-likeness (QED) is 0.842. The third kappa shape index (κ3) is 3.75. The number of aromatic nitrogens is 1. The average Bonchev–Trinajstić information content (AvgIpc) is 2.70. The Morgan fingerprint density at radius 2 is 1.81 bits per heavy atom. The highest BCUT2D eigenvalue weighted by Crippen LogP contribution is 2.39. The minimum atomic E-state index is -0.121. The molecule has 1 aromatic heterocycles. The van der Waals surface area contributed by atoms with Crippen LogP contribution >= 0.6 is 12.4 Å². The van der Waals surface area contributed by atoms with E-state index in [0.717, 1.165) is 0 Å². The van der Waals surface area contributed by atoms with Crippen molar-refractivity contribution in [3.05, 3.63) is 36.0 Å². The van der Waals surface area contributed by atoms with Crippen molar-refractivity contribution in [2.24, 2.45) is 4.99 Å². The number of pyridine rings is 1. The Hall–Kier alpha value is -3.00. The fourth-order valence-electron chi connectivity index (χ4n) is 2.64. The van der Waals surface area contributed by atoms with Gasteiger partial charge in [0.25, 0.3) is 0 Å². The van der Waals surface area contributed by atoms with Crippen molar-refractivity contribution in [1.29, 1.82) is 0 Å². The van der Waals surface area contributed by atoms with Crippen molar-refractivity contribution in [3.8, 4) is 17.2 Å². The van der Waals surface area contributed by atoms with Crippen LogP contribution < -0.4 is 24.6 Å². The second-order valence-corrected chi connectivity index (χ2v) is 5.42. The highest BCUT2D eigenvalue weighted by atomic mass is 35.5. The minimum Gasteiger partial charge on any atom is -0.493 e. The molecule has 0 radical (unpaired) electrons. The van der Waals surface area contributed by atoms with Crippen LogP contribution in [0, 0.1) is 0 Å². The Labute approximate surface area is 163 Å². The number of nitrogens with one attached hydrogen (secondary N) is 1. The number of methoxy groups -OCH3 is 3. The van der Waals surface area contributed by atoms with Crippen LogP contribution in [-0.2, 0) is 4.79 Å². The van der Waals surface area contributed by atoms with Gasteiger partial charge >= 0.3 is 0 Å². The summed E-state index contributed by atoms with van der Waals surface area (Å²) in [6.07, 6.45) is 1.95. The van der Waals surface area contributed by atoms with E-state index in [0.29, 0.717) is 46.6 Å². The number of halogens is 1. The van der Waals surface area contributed by atoms with Gasteiger partial charge in [-0.3, -0.25) is 10.2 Å². The molecule has 1 amide bonds. The Morgan fingerprint density at radius 3 is 2.37 bits per heavy atom. The molecule has 0 unspecified atom stereocenters. The SMILES string of the molecule is CCC(=O)N1NC(c2cc(OC)c(OC)c(OC)c2)=Nc2cccnc21.Cl. The Bertz CT molecular complexity index is 847. The second kappa shape index (κ2) is 8.59. The van der Waals surface area contributed by atoms with E-state index in [-0.39, 0.29) is 18.3 Å². The van der Waals surface area contributed by atoms with E-state index in [2.05, 4.69) is 15.4 Å². The lowest BCUT2D eigenvalue weighted by Gasteiger charge is -2.29. The number of carbonyl (C=O) groups excluding carboxylic acids is 1. The van der Waals surface area contributed by atoms with Crippen molar-refractivity contribution in [1.82, 2.24) is 10.4 Å². The highest BCUT2D eigenvalue weighted by molar-refractivity contribution is 6.09. The van der Waals surface area contributed by atoms with Crippen LogP contribution in [0.2, 0.25) is 0 Å². The van der Waals surface area contributed by atoms with Gasteiger partial charge in [-0.2, -0.15) is 0 Å². The molecule has 8 nitrogen and oxygen atoms in total. The molecule has 144 valence electrons. The van der Waals surface area contributed by atoms with Gasteiger partial charge in [0.1, 0.15) is 5.69 Å². The number of hydrazine groups is 1. The molecule has 0 aliphatic carbocycles. The summed E-state index contributed by atoms with van der Waals surface area (Å²) in [7, 11) is 4.63. The molecule has 1 aliphatic heterocycles. The van der Waals surface area contributed by atoms with Gasteiger partial charge in [-0.15, -0.1) is 12.4 Å². The topological polar surface area (TPSA) is 85.3 Å². The van der Waals surface area contributed by atoms with Crippen LogP contribution in [-0.4, -0.2) is 38.1 Å². The third-order valence-corrected chi connectivity index (χ3v) is 3.92. The molecule has 27 heavy (non-hydrogen) atoms. The van der Waals surface area contributed by atoms with Crippen molar-refractivity contribution >= 4 is 35.7 Å². The van der Waals surface area contributed by atoms with Crippen LogP contribution in [0.15, 0.2) is 35.5 Å². The van der Waals surface area contributed by atoms with Crippen molar-refractivity contribution in [2.75, 3.05) is 26.3 Å². The lowest BCUT2D eigenvalue weighted by Crippen LogP contribution is -2.48. The normalized spacial score (nSPS) is 12.1. The lowest BCUT2D eigenvalue weighted by atomic mass is 10.1. The van der Waals surface area contributed by atoms with Crippen molar-refractivity contribution in [3.63, 3.8) is 0 Å². The molecular formula is C18H21ClN4O4. The molecule has 1 aromatic carbocycles. The summed E-state index contributed by atoms with van der Waals surface area (Å²) < 4.78 is 16.1. The number of carbonyl (C=O) groups is 1. The van der Waals surface area contributed by atoms with Crippen LogP contribution in [0.4, 0.5) is 11.5 Å². The summed E-state index contributed by atoms with van der Waals surface area (Å²) in [5, 5.41) is 1.40. The minimum absolute atomic E-state index is 0. The fraction of sp³-hybridized carbons (Fsp3) is 0.278. The first-order valence-electron chi connectivity index (χ1n) is 8.06. The van der Waals surface area contributed by atoms with Gasteiger partial charge < -0.3 is 14.2 Å². The van der Waals surface area contributed by atoms with Crippen molar-refractivity contribution in [2.45, 2.75) is 13.3 Å². The molecule has 0 atom stereocenters. The van der Waals surface area contributed by atoms with Crippen molar-refractivity contribution < 1.29 is 19.0 Å². The van der Waals surface area contributed by atoms with Gasteiger partial charge in [0.15, 0.2) is 23.2 Å². The summed E-state index contributed by atoms with van der Waals surface area (Å²) in [6.45, 7) is 1.79. The van der Waals surface area contributed by atoms with Gasteiger partial charge in [0.2, 0.25) is 11.7 Å². The second-order valence-electron chi connectivity index (χ2n) is 5.42. The summed E-state index contributed by atoms with van der Waals surface area (Å²) >= 11 is 0. The molecular weight excluding hydrogens is 372 g/mol. The van der Waals surface area contributed by atoms with E-state index in [4.69, 9.17) is 14.2 Å². The summed E-state index contributed by atoms with van der Waals surface area (Å²) in [5.41, 5.74) is 4.31. The number of anilines is 1. The third-order valence-electron chi connectivity index (χ3n) is 3.92. The molecule has 9 heteroatoms. The Morgan fingerprint density at radius 1 is 1.15 bits per heavy atom. The maximum absolute atomic E-state index is 12.4. The van der Waals surface area contributed by atoms with Crippen LogP contribution in [0.25, 0.3) is 0 Å². The van der Waals surface area contributed by atoms with Crippen LogP contribution in [0.5, 0.6) is 17.2 Å². The van der Waals surface area contributed by atoms with E-state index in [1.165, 1.54) is 5.01 Å². The number of fused-ring (bicyclic) bond motifs is 1. The number of amides is 1. The first-order chi connectivity index (χ1) is 12.6. The summed E-state index contributed by atoms with van der Waals surface area (Å²) in [4.78, 5) is 21.2. The standard InChI is InChI=1S/C18H20N4O4.ClH/c1-5-15(23)22-18-12(7-6-8-19-18)20-17(21-22)11-9-13(24-2)16(26-4)14(10-11)25-3;/h6-10H,5H2,1-4H3,(H,20,21);1H. The number of hydrogen-bond acceptors (Lipinski definition) is 7. The van der Waals surface area contributed by atoms with Gasteiger partial charge in [0.05, 0.1) is 21.3 Å². The van der Waals surface area contributed by atoms with E-state index in [1.807, 2.05) is 0 Å². The molecule has 2 aromatic rings. The number of hydrogen-bond donors (Lipinski definition) is 1. The van der Waals surface area contributed by atoms with E-state index in [1.54, 1.807) is 58.7 Å². The largest absolute Gasteiger partial charge is 0.493 e. The predicted octanol–water partition coefficient (Wildman–Crippen LogP) is 2.87. The van der Waals surface area contributed by atoms with E-state index < -0.39 is 0 Å². The van der Waals surface area contributed by atoms with Gasteiger partial charge in [-0.1, -0.05) is 6.92 Å². The lowest BCUT2D eigenvalue weighted by molar-refractivity contribution is -0.118. The number of aliphatic imine (C=N–C) groups is 1. The molecule has 1 aliphatic rings. The zero-order chi connectivity index (χ0) is 18.7. The average molecular weight is 393 g/mol. The summed E-state index contributed by atoms with van der Waals surface area (Å²) in [5.74, 6) is 2.30. The summed E-state index contributed by atoms with van der Waals surface area (Å²) in [6, 6.07) is 7.11. The molecule has 0 fully saturated rings. The van der Waals surface area contributed by atoms with E-state index in [9.17, 15) is 4.79 Å². The molecule has 0 saturated heterocycles. The number of nitrogens with zero attached hydrogens (tertiary/aromatic N) is 3. The molecule has 0 spiro atoms. The number of rotatable bonds is 5. The highest BCUT2D eigenvalue weighted by Gasteiger charge is 2.26. The smallest absolute Gasteiger partial charge is 0.246 e. The zero-order valence-corrected chi connectivity index (χ0v) is 16.3. The predicted molar refractivity (Wildman–Crippen MR) is 105 cm³/mol. The molecule has 1 N–H and O–H groups in total. The van der Waals surface area contributed by atoms with Crippen LogP contribution in [0.3, 0.4) is 0 Å². The Balaban J connectivity index is 0.00000261. The molecule has 0 bridgehead atoms. The van der Waals surface area contributed by atoms with Gasteiger partial charge in [0, 0.05) is 18.2 Å². The monoisotopic (exact) mass is 392 g/mol. The number of amidine groups is 1.